The lowest BCUT2D eigenvalue weighted by atomic mass is 9.73. The van der Waals surface area contributed by atoms with E-state index in [9.17, 15) is 79.5 Å². The smallest absolute Gasteiger partial charge is 0.332 e. The van der Waals surface area contributed by atoms with Crippen LogP contribution < -0.4 is 8.01 Å². The molecule has 3 aliphatic rings. The van der Waals surface area contributed by atoms with Crippen LogP contribution in [-0.2, 0) is 123 Å². The summed E-state index contributed by atoms with van der Waals surface area (Å²) in [6, 6.07) is 9.26. The van der Waals surface area contributed by atoms with Crippen LogP contribution in [0.2, 0.25) is 0 Å². The third kappa shape index (κ3) is 23.9. The molecule has 3 unspecified atom stereocenters. The molecule has 0 aromatic heterocycles. The van der Waals surface area contributed by atoms with Crippen LogP contribution in [0.5, 0.6) is 0 Å². The standard InChI is InChI=1S/C65H90IN3O29S5/c1-46(9-15-57-64(2,19-7-41-99(73,74)75)63-52-43-48(101(79,80)81)45-56(103(85,86)87)50(52)12-14-54(63)68(66-57)22-24-91-30-32-95-37-38-97-40-39-96-36-34-93-28-26-89-5)10-16-58-65(3,20-23-90-29-31-94-35-33-92-27-25-88-4)62-51-42-47(100(76,77)78)44-55(102(82,83)84)49(51)11-13-53(62)67(58)21-6-8-61(72)98-69-59(70)17-18-60(69)71/h9-16,42-45,59,70H,6-8,17-41H2,1-5H3,(H,73,74,75)(H,76,77,78)(H,79,80,81)(H,82,83,84)(H,85,86,87)/b15-9+,46-10+,58-16+. The number of aliphatic hydroxyl groups is 1. The average molecular weight is 1660 g/mol. The maximum absolute atomic E-state index is 13.4. The van der Waals surface area contributed by atoms with Crippen LogP contribution in [0.4, 0.5) is 11.4 Å². The molecule has 0 radical (unpaired) electrons. The summed E-state index contributed by atoms with van der Waals surface area (Å²) in [4.78, 5) is 29.5. The van der Waals surface area contributed by atoms with Crippen LogP contribution in [0, 0.1) is 0 Å². The van der Waals surface area contributed by atoms with Crippen molar-refractivity contribution >= 4 is 120 Å². The molecule has 103 heavy (non-hydrogen) atoms. The van der Waals surface area contributed by atoms with Gasteiger partial charge in [-0.2, -0.15) is 42.1 Å². The van der Waals surface area contributed by atoms with Gasteiger partial charge >= 0.3 is 5.97 Å². The number of aliphatic hydroxyl groups excluding tert-OH is 1. The Morgan fingerprint density at radius 2 is 1.02 bits per heavy atom. The van der Waals surface area contributed by atoms with E-state index in [2.05, 4.69) is 0 Å². The molecular weight excluding hydrogens is 1570 g/mol. The Balaban J connectivity index is 1.30. The van der Waals surface area contributed by atoms with Crippen molar-refractivity contribution in [2.75, 3.05) is 160 Å². The summed E-state index contributed by atoms with van der Waals surface area (Å²) in [7, 11) is -22.2. The fourth-order valence-corrected chi connectivity index (χ4v) is 18.3. The molecule has 0 aliphatic carbocycles. The number of anilines is 2. The molecule has 576 valence electrons. The normalized spacial score (nSPS) is 18.9. The predicted molar refractivity (Wildman–Crippen MR) is 385 cm³/mol. The molecule has 3 atom stereocenters. The Morgan fingerprint density at radius 3 is 1.47 bits per heavy atom. The first-order valence-electron chi connectivity index (χ1n) is 32.7. The average Bonchev–Trinajstić information content (AvgIpc) is 1.69. The molecule has 7 rings (SSSR count). The van der Waals surface area contributed by atoms with Gasteiger partial charge in [-0.1, -0.05) is 42.9 Å². The minimum atomic E-state index is -5.22. The molecule has 1 saturated heterocycles. The molecule has 1 amide bonds. The minimum Gasteiger partial charge on any atom is -0.382 e. The maximum atomic E-state index is 13.4. The molecule has 32 nitrogen and oxygen atoms in total. The van der Waals surface area contributed by atoms with Crippen LogP contribution in [-0.4, -0.2) is 249 Å². The number of benzene rings is 4. The molecule has 3 aliphatic heterocycles. The van der Waals surface area contributed by atoms with Crippen LogP contribution >= 0.6 is 21.0 Å². The quantitative estimate of drug-likeness (QED) is 0.00979. The number of amides is 1. The number of nitrogens with zero attached hydrogens (tertiary/aromatic N) is 3. The summed E-state index contributed by atoms with van der Waals surface area (Å²) < 4.78 is 240. The first kappa shape index (κ1) is 85.1. The number of hydroxylamine groups is 2. The fraction of sp³-hybridized carbons (Fsp3) is 0.554. The predicted octanol–water partition coefficient (Wildman–Crippen LogP) is 5.94. The Morgan fingerprint density at radius 1 is 0.563 bits per heavy atom. The van der Waals surface area contributed by atoms with Gasteiger partial charge in [0.05, 0.1) is 140 Å². The molecule has 1 fully saturated rings. The van der Waals surface area contributed by atoms with E-state index in [0.717, 1.165) is 12.1 Å². The number of carbonyl (C=O) groups excluding carboxylic acids is 2. The topological polar surface area (TPSA) is 437 Å². The Hall–Kier alpha value is -5.13. The first-order valence-corrected chi connectivity index (χ1v) is 42.1. The highest BCUT2D eigenvalue weighted by molar-refractivity contribution is 14.2. The maximum Gasteiger partial charge on any atom is 0.332 e. The van der Waals surface area contributed by atoms with E-state index >= 15 is 0 Å². The molecule has 0 saturated carbocycles. The van der Waals surface area contributed by atoms with Gasteiger partial charge in [0, 0.05) is 104 Å². The van der Waals surface area contributed by atoms with Gasteiger partial charge in [0.2, 0.25) is 0 Å². The van der Waals surface area contributed by atoms with Crippen molar-refractivity contribution < 1.29 is 132 Å². The van der Waals surface area contributed by atoms with Crippen molar-refractivity contribution in [2.24, 2.45) is 0 Å². The monoisotopic (exact) mass is 1660 g/mol. The Labute approximate surface area is 610 Å². The van der Waals surface area contributed by atoms with Gasteiger partial charge in [0.1, 0.15) is 9.79 Å². The van der Waals surface area contributed by atoms with E-state index in [1.807, 2.05) is 3.11 Å². The summed E-state index contributed by atoms with van der Waals surface area (Å²) in [5.74, 6) is -2.19. The van der Waals surface area contributed by atoms with Gasteiger partial charge in [-0.15, -0.1) is 5.06 Å². The van der Waals surface area contributed by atoms with E-state index in [1.165, 1.54) is 12.1 Å². The molecule has 0 spiro atoms. The number of hydrogen-bond donors (Lipinski definition) is 6. The summed E-state index contributed by atoms with van der Waals surface area (Å²) in [6.45, 7) is 10.3. The molecule has 0 bridgehead atoms. The first-order chi connectivity index (χ1) is 48.6. The Bertz CT molecular complexity index is 4350. The molecular formula is C65H90IN3O29S5. The number of hydrogen-bond acceptors (Lipinski definition) is 26. The molecule has 38 heteroatoms. The van der Waals surface area contributed by atoms with Gasteiger partial charge in [0.25, 0.3) is 56.5 Å². The van der Waals surface area contributed by atoms with Gasteiger partial charge in [0.15, 0.2) is 6.23 Å². The van der Waals surface area contributed by atoms with Gasteiger partial charge in [-0.3, -0.25) is 27.6 Å². The SMILES string of the molecule is COCCOCCOCCOCCOCCOCCN1I=C(/C=C/C(C)=C/C=C2/N(CCCC(=O)ON3C(=O)CCC3O)c3ccc4c(S(=O)(=O)O)cc(S(=O)(=O)O)cc4c3C2(C)CCOCCOCCOCCOC)C(C)(CCCS(=O)(=O)O)c2c1ccc1c(S(=O)(=O)O)cc(S(=O)(=O)O)cc21. The van der Waals surface area contributed by atoms with Crippen LogP contribution in [0.3, 0.4) is 0 Å². The van der Waals surface area contributed by atoms with E-state index in [-0.39, 0.29) is 151 Å². The zero-order valence-corrected chi connectivity index (χ0v) is 63.9. The lowest BCUT2D eigenvalue weighted by molar-refractivity contribution is -0.220. The van der Waals surface area contributed by atoms with E-state index < -0.39 is 126 Å². The van der Waals surface area contributed by atoms with E-state index in [4.69, 9.17) is 52.2 Å². The van der Waals surface area contributed by atoms with Crippen molar-refractivity contribution in [3.8, 4) is 0 Å². The van der Waals surface area contributed by atoms with Crippen molar-refractivity contribution in [1.82, 2.24) is 5.06 Å². The molecule has 3 heterocycles. The second kappa shape index (κ2) is 38.6. The van der Waals surface area contributed by atoms with E-state index in [0.29, 0.717) is 102 Å². The van der Waals surface area contributed by atoms with Gasteiger partial charge in [-0.25, -0.2) is 4.79 Å². The molecule has 4 aromatic carbocycles. The lowest BCUT2D eigenvalue weighted by Gasteiger charge is -2.41. The van der Waals surface area contributed by atoms with Crippen molar-refractivity contribution in [3.05, 3.63) is 95.2 Å². The van der Waals surface area contributed by atoms with Crippen LogP contribution in [0.15, 0.2) is 104 Å². The number of fused-ring (bicyclic) bond motifs is 6. The second-order valence-electron chi connectivity index (χ2n) is 24.3. The number of ether oxygens (including phenoxy) is 10. The lowest BCUT2D eigenvalue weighted by Crippen LogP contribution is -2.38. The largest absolute Gasteiger partial charge is 0.382 e. The molecule has 6 N–H and O–H groups in total. The Kier molecular flexibility index (Phi) is 31.9. The fourth-order valence-electron chi connectivity index (χ4n) is 12.0. The van der Waals surface area contributed by atoms with Gasteiger partial charge in [-0.05, 0) is 104 Å². The molecule has 4 aromatic rings. The number of halogens is 1. The van der Waals surface area contributed by atoms with Crippen LogP contribution in [0.1, 0.15) is 76.8 Å². The summed E-state index contributed by atoms with van der Waals surface area (Å²) in [5.41, 5.74) is -0.283. The van der Waals surface area contributed by atoms with Crippen molar-refractivity contribution in [3.63, 3.8) is 0 Å². The van der Waals surface area contributed by atoms with Crippen molar-refractivity contribution in [1.29, 1.82) is 0 Å². The zero-order chi connectivity index (χ0) is 75.4. The highest BCUT2D eigenvalue weighted by Gasteiger charge is 2.46. The summed E-state index contributed by atoms with van der Waals surface area (Å²) in [6.07, 6.45) is 5.09. The zero-order valence-electron chi connectivity index (χ0n) is 57.6. The third-order valence-electron chi connectivity index (χ3n) is 16.9. The number of rotatable bonds is 46. The highest BCUT2D eigenvalue weighted by Crippen LogP contribution is 2.55. The minimum absolute atomic E-state index is 0.0102. The van der Waals surface area contributed by atoms with Crippen molar-refractivity contribution in [2.45, 2.75) is 102 Å². The third-order valence-corrected chi connectivity index (χ3v) is 24.8. The summed E-state index contributed by atoms with van der Waals surface area (Å²) >= 11 is -1.41. The van der Waals surface area contributed by atoms with Crippen LogP contribution in [0.25, 0.3) is 21.5 Å². The number of carbonyl (C=O) groups is 2. The van der Waals surface area contributed by atoms with Gasteiger partial charge < -0.3 is 65.3 Å². The highest BCUT2D eigenvalue weighted by atomic mass is 127. The number of allylic oxidation sites excluding steroid dienone is 6. The summed E-state index contributed by atoms with van der Waals surface area (Å²) in [5, 5.41) is 10.6. The second-order valence-corrected chi connectivity index (χ2v) is 34.3. The van der Waals surface area contributed by atoms with E-state index in [1.54, 1.807) is 76.3 Å². The number of methoxy groups -OCH3 is 2.